The SMILES string of the molecule is Clc1cccc(-n2ncc3c(NC(c4ccccc4)c4ccccc4)ncnc32)c1. The minimum atomic E-state index is -0.0555. The third-order valence-corrected chi connectivity index (χ3v) is 5.20. The molecule has 0 saturated heterocycles. The Morgan fingerprint density at radius 3 is 2.17 bits per heavy atom. The number of aromatic nitrogens is 4. The largest absolute Gasteiger partial charge is 0.358 e. The summed E-state index contributed by atoms with van der Waals surface area (Å²) in [5.41, 5.74) is 3.87. The molecule has 0 unspecified atom stereocenters. The predicted molar refractivity (Wildman–Crippen MR) is 120 cm³/mol. The molecular formula is C24H18ClN5. The second-order valence-corrected chi connectivity index (χ2v) is 7.33. The first kappa shape index (κ1) is 18.3. The predicted octanol–water partition coefficient (Wildman–Crippen LogP) is 5.67. The molecule has 0 radical (unpaired) electrons. The maximum atomic E-state index is 6.16. The summed E-state index contributed by atoms with van der Waals surface area (Å²) in [5, 5.41) is 9.63. The molecule has 30 heavy (non-hydrogen) atoms. The van der Waals surface area contributed by atoms with Gasteiger partial charge in [0.05, 0.1) is 23.3 Å². The van der Waals surface area contributed by atoms with Gasteiger partial charge < -0.3 is 5.32 Å². The maximum absolute atomic E-state index is 6.16. The standard InChI is InChI=1S/C24H18ClN5/c25-19-12-7-13-20(14-19)30-24-21(15-28-30)23(26-16-27-24)29-22(17-8-3-1-4-9-17)18-10-5-2-6-11-18/h1-16,22H,(H,26,27,29). The normalized spacial score (nSPS) is 11.1. The lowest BCUT2D eigenvalue weighted by Crippen LogP contribution is -2.13. The molecule has 0 amide bonds. The Morgan fingerprint density at radius 2 is 1.50 bits per heavy atom. The fourth-order valence-electron chi connectivity index (χ4n) is 3.54. The molecule has 0 aliphatic heterocycles. The summed E-state index contributed by atoms with van der Waals surface area (Å²) in [6.07, 6.45) is 3.34. The molecule has 0 aliphatic carbocycles. The third kappa shape index (κ3) is 3.51. The quantitative estimate of drug-likeness (QED) is 0.404. The average Bonchev–Trinajstić information content (AvgIpc) is 3.24. The zero-order valence-corrected chi connectivity index (χ0v) is 16.7. The molecule has 0 atom stereocenters. The van der Waals surface area contributed by atoms with Gasteiger partial charge in [-0.05, 0) is 29.3 Å². The van der Waals surface area contributed by atoms with Gasteiger partial charge in [-0.15, -0.1) is 0 Å². The minimum Gasteiger partial charge on any atom is -0.358 e. The number of benzene rings is 3. The summed E-state index contributed by atoms with van der Waals surface area (Å²) in [6, 6.07) is 28.1. The minimum absolute atomic E-state index is 0.0555. The van der Waals surface area contributed by atoms with E-state index in [4.69, 9.17) is 11.6 Å². The first-order chi connectivity index (χ1) is 14.8. The average molecular weight is 412 g/mol. The highest BCUT2D eigenvalue weighted by atomic mass is 35.5. The summed E-state index contributed by atoms with van der Waals surface area (Å²) in [7, 11) is 0. The topological polar surface area (TPSA) is 55.6 Å². The van der Waals surface area contributed by atoms with Crippen LogP contribution in [0, 0.1) is 0 Å². The molecule has 5 nitrogen and oxygen atoms in total. The van der Waals surface area contributed by atoms with E-state index < -0.39 is 0 Å². The Bertz CT molecular complexity index is 1250. The number of fused-ring (bicyclic) bond motifs is 1. The number of nitrogens with one attached hydrogen (secondary N) is 1. The summed E-state index contributed by atoms with van der Waals surface area (Å²) in [4.78, 5) is 8.99. The lowest BCUT2D eigenvalue weighted by atomic mass is 9.98. The highest BCUT2D eigenvalue weighted by Gasteiger charge is 2.18. The van der Waals surface area contributed by atoms with Crippen molar-refractivity contribution in [1.29, 1.82) is 0 Å². The molecule has 0 saturated carbocycles. The molecule has 5 rings (SSSR count). The number of halogens is 1. The molecule has 3 aromatic carbocycles. The van der Waals surface area contributed by atoms with E-state index in [1.54, 1.807) is 17.2 Å². The number of hydrogen-bond acceptors (Lipinski definition) is 4. The smallest absolute Gasteiger partial charge is 0.168 e. The van der Waals surface area contributed by atoms with Gasteiger partial charge in [-0.3, -0.25) is 0 Å². The molecule has 2 aromatic heterocycles. The van der Waals surface area contributed by atoms with Crippen LogP contribution in [-0.2, 0) is 0 Å². The van der Waals surface area contributed by atoms with Crippen LogP contribution in [0.25, 0.3) is 16.7 Å². The van der Waals surface area contributed by atoms with Crippen molar-refractivity contribution >= 4 is 28.5 Å². The molecule has 5 aromatic rings. The van der Waals surface area contributed by atoms with Gasteiger partial charge in [-0.25, -0.2) is 14.6 Å². The van der Waals surface area contributed by atoms with Gasteiger partial charge in [-0.2, -0.15) is 5.10 Å². The highest BCUT2D eigenvalue weighted by molar-refractivity contribution is 6.30. The van der Waals surface area contributed by atoms with Gasteiger partial charge in [0.25, 0.3) is 0 Å². The highest BCUT2D eigenvalue weighted by Crippen LogP contribution is 2.29. The Kier molecular flexibility index (Phi) is 4.87. The van der Waals surface area contributed by atoms with Gasteiger partial charge in [0, 0.05) is 5.02 Å². The molecular weight excluding hydrogens is 394 g/mol. The molecule has 1 N–H and O–H groups in total. The van der Waals surface area contributed by atoms with Crippen molar-refractivity contribution in [3.8, 4) is 5.69 Å². The molecule has 2 heterocycles. The van der Waals surface area contributed by atoms with E-state index in [0.29, 0.717) is 5.02 Å². The van der Waals surface area contributed by atoms with E-state index in [1.807, 2.05) is 60.7 Å². The van der Waals surface area contributed by atoms with Crippen molar-refractivity contribution in [1.82, 2.24) is 19.7 Å². The molecule has 0 aliphatic rings. The molecule has 0 fully saturated rings. The first-order valence-corrected chi connectivity index (χ1v) is 9.98. The zero-order chi connectivity index (χ0) is 20.3. The van der Waals surface area contributed by atoms with E-state index in [0.717, 1.165) is 33.7 Å². The van der Waals surface area contributed by atoms with E-state index in [2.05, 4.69) is 44.6 Å². The van der Waals surface area contributed by atoms with Crippen LogP contribution >= 0.6 is 11.6 Å². The van der Waals surface area contributed by atoms with Gasteiger partial charge in [-0.1, -0.05) is 78.3 Å². The molecule has 146 valence electrons. The Hall–Kier alpha value is -3.70. The van der Waals surface area contributed by atoms with Crippen LogP contribution in [-0.4, -0.2) is 19.7 Å². The summed E-state index contributed by atoms with van der Waals surface area (Å²) in [5.74, 6) is 0.728. The van der Waals surface area contributed by atoms with E-state index in [1.165, 1.54) is 0 Å². The van der Waals surface area contributed by atoms with Crippen molar-refractivity contribution in [3.05, 3.63) is 114 Å². The van der Waals surface area contributed by atoms with Gasteiger partial charge in [0.2, 0.25) is 0 Å². The number of anilines is 1. The van der Waals surface area contributed by atoms with Gasteiger partial charge in [0.15, 0.2) is 5.65 Å². The van der Waals surface area contributed by atoms with Crippen LogP contribution in [0.5, 0.6) is 0 Å². The van der Waals surface area contributed by atoms with Crippen LogP contribution in [0.4, 0.5) is 5.82 Å². The van der Waals surface area contributed by atoms with Crippen LogP contribution in [0.3, 0.4) is 0 Å². The van der Waals surface area contributed by atoms with E-state index >= 15 is 0 Å². The van der Waals surface area contributed by atoms with Crippen molar-refractivity contribution < 1.29 is 0 Å². The summed E-state index contributed by atoms with van der Waals surface area (Å²) < 4.78 is 1.77. The number of rotatable bonds is 5. The van der Waals surface area contributed by atoms with Crippen molar-refractivity contribution in [2.24, 2.45) is 0 Å². The van der Waals surface area contributed by atoms with Crippen molar-refractivity contribution in [2.45, 2.75) is 6.04 Å². The second-order valence-electron chi connectivity index (χ2n) is 6.89. The monoisotopic (exact) mass is 411 g/mol. The Morgan fingerprint density at radius 1 is 0.800 bits per heavy atom. The second kappa shape index (κ2) is 7.97. The first-order valence-electron chi connectivity index (χ1n) is 9.61. The van der Waals surface area contributed by atoms with Crippen LogP contribution in [0.1, 0.15) is 17.2 Å². The number of hydrogen-bond donors (Lipinski definition) is 1. The fraction of sp³-hybridized carbons (Fsp3) is 0.0417. The third-order valence-electron chi connectivity index (χ3n) is 4.97. The fourth-order valence-corrected chi connectivity index (χ4v) is 3.73. The van der Waals surface area contributed by atoms with Crippen LogP contribution in [0.15, 0.2) is 97.5 Å². The van der Waals surface area contributed by atoms with E-state index in [-0.39, 0.29) is 6.04 Å². The lowest BCUT2D eigenvalue weighted by Gasteiger charge is -2.20. The zero-order valence-electron chi connectivity index (χ0n) is 16.0. The Labute approximate surface area is 179 Å². The van der Waals surface area contributed by atoms with Crippen LogP contribution in [0.2, 0.25) is 5.02 Å². The maximum Gasteiger partial charge on any atom is 0.168 e. The van der Waals surface area contributed by atoms with Gasteiger partial charge in [0.1, 0.15) is 12.1 Å². The molecule has 0 bridgehead atoms. The van der Waals surface area contributed by atoms with Gasteiger partial charge >= 0.3 is 0 Å². The van der Waals surface area contributed by atoms with Crippen molar-refractivity contribution in [3.63, 3.8) is 0 Å². The number of nitrogens with zero attached hydrogens (tertiary/aromatic N) is 4. The van der Waals surface area contributed by atoms with Crippen LogP contribution < -0.4 is 5.32 Å². The van der Waals surface area contributed by atoms with Crippen molar-refractivity contribution in [2.75, 3.05) is 5.32 Å². The summed E-state index contributed by atoms with van der Waals surface area (Å²) >= 11 is 6.16. The van der Waals surface area contributed by atoms with E-state index in [9.17, 15) is 0 Å². The lowest BCUT2D eigenvalue weighted by molar-refractivity contribution is 0.893. The molecule has 0 spiro atoms. The Balaban J connectivity index is 1.59. The molecule has 6 heteroatoms. The summed E-state index contributed by atoms with van der Waals surface area (Å²) in [6.45, 7) is 0.